The molecular weight excluding hydrogens is 270 g/mol. The minimum absolute atomic E-state index is 0.379. The third-order valence-electron chi connectivity index (χ3n) is 4.37. The Morgan fingerprint density at radius 2 is 2.00 bits per heavy atom. The maximum atomic E-state index is 5.68. The Kier molecular flexibility index (Phi) is 5.10. The molecule has 0 amide bonds. The standard InChI is InChI=1S/C20H29NO/c1-7-14(2)18-13-22-19(21-18)15(3)17-9-8-16(12-17)10-11-20(4,5)6/h8-9,12-14H,7,10-11H2,1-6H3/b17-15+. The van der Waals surface area contributed by atoms with Gasteiger partial charge in [0.15, 0.2) is 0 Å². The lowest BCUT2D eigenvalue weighted by molar-refractivity contribution is 0.379. The molecule has 22 heavy (non-hydrogen) atoms. The molecular formula is C20H29NO. The van der Waals surface area contributed by atoms with Crippen LogP contribution in [-0.2, 0) is 0 Å². The smallest absolute Gasteiger partial charge is 0.222 e. The summed E-state index contributed by atoms with van der Waals surface area (Å²) in [6.45, 7) is 13.3. The van der Waals surface area contributed by atoms with Crippen molar-refractivity contribution in [2.45, 2.75) is 66.7 Å². The summed E-state index contributed by atoms with van der Waals surface area (Å²) in [7, 11) is 0. The zero-order valence-electron chi connectivity index (χ0n) is 14.9. The van der Waals surface area contributed by atoms with Crippen LogP contribution in [0.25, 0.3) is 5.57 Å². The summed E-state index contributed by atoms with van der Waals surface area (Å²) < 4.78 is 5.68. The van der Waals surface area contributed by atoms with Gasteiger partial charge in [0.05, 0.1) is 5.69 Å². The van der Waals surface area contributed by atoms with Crippen molar-refractivity contribution in [2.24, 2.45) is 5.41 Å². The van der Waals surface area contributed by atoms with Crippen molar-refractivity contribution in [3.63, 3.8) is 0 Å². The monoisotopic (exact) mass is 299 g/mol. The summed E-state index contributed by atoms with van der Waals surface area (Å²) in [6, 6.07) is 0. The predicted molar refractivity (Wildman–Crippen MR) is 93.7 cm³/mol. The molecule has 1 heterocycles. The number of rotatable bonds is 5. The SMILES string of the molecule is CCC(C)c1coc(/C(C)=C2\C=CC(CCC(C)(C)C)=C2)n1. The van der Waals surface area contributed by atoms with Crippen molar-refractivity contribution >= 4 is 5.57 Å². The molecule has 0 saturated carbocycles. The number of allylic oxidation sites excluding steroid dienone is 6. The van der Waals surface area contributed by atoms with Gasteiger partial charge in [-0.2, -0.15) is 0 Å². The first-order valence-corrected chi connectivity index (χ1v) is 8.35. The first-order valence-electron chi connectivity index (χ1n) is 8.35. The van der Waals surface area contributed by atoms with Crippen molar-refractivity contribution in [1.29, 1.82) is 0 Å². The lowest BCUT2D eigenvalue weighted by atomic mass is 9.89. The molecule has 1 aliphatic rings. The summed E-state index contributed by atoms with van der Waals surface area (Å²) in [4.78, 5) is 4.65. The minimum Gasteiger partial charge on any atom is -0.445 e. The molecule has 0 aliphatic heterocycles. The van der Waals surface area contributed by atoms with Crippen LogP contribution in [0.3, 0.4) is 0 Å². The summed E-state index contributed by atoms with van der Waals surface area (Å²) in [5.74, 6) is 1.20. The quantitative estimate of drug-likeness (QED) is 0.639. The highest BCUT2D eigenvalue weighted by Gasteiger charge is 2.15. The number of oxazole rings is 1. The van der Waals surface area contributed by atoms with Crippen LogP contribution >= 0.6 is 0 Å². The van der Waals surface area contributed by atoms with Crippen LogP contribution in [0.5, 0.6) is 0 Å². The van der Waals surface area contributed by atoms with Gasteiger partial charge < -0.3 is 4.42 Å². The van der Waals surface area contributed by atoms with Gasteiger partial charge in [0.2, 0.25) is 5.89 Å². The fourth-order valence-corrected chi connectivity index (χ4v) is 2.42. The lowest BCUT2D eigenvalue weighted by Gasteiger charge is -2.17. The molecule has 0 fully saturated rings. The highest BCUT2D eigenvalue weighted by atomic mass is 16.3. The van der Waals surface area contributed by atoms with E-state index in [1.54, 1.807) is 6.26 Å². The van der Waals surface area contributed by atoms with Crippen molar-refractivity contribution in [2.75, 3.05) is 0 Å². The first-order chi connectivity index (χ1) is 10.3. The molecule has 1 atom stereocenters. The van der Waals surface area contributed by atoms with E-state index in [1.165, 1.54) is 17.6 Å². The molecule has 2 nitrogen and oxygen atoms in total. The Morgan fingerprint density at radius 1 is 1.27 bits per heavy atom. The van der Waals surface area contributed by atoms with Gasteiger partial charge in [0.25, 0.3) is 0 Å². The Morgan fingerprint density at radius 3 is 2.64 bits per heavy atom. The highest BCUT2D eigenvalue weighted by Crippen LogP contribution is 2.30. The van der Waals surface area contributed by atoms with Crippen molar-refractivity contribution in [1.82, 2.24) is 4.98 Å². The first kappa shape index (κ1) is 16.8. The van der Waals surface area contributed by atoms with Crippen molar-refractivity contribution < 1.29 is 4.42 Å². The van der Waals surface area contributed by atoms with Gasteiger partial charge in [-0.3, -0.25) is 0 Å². The summed E-state index contributed by atoms with van der Waals surface area (Å²) in [6.07, 6.45) is 11.9. The summed E-state index contributed by atoms with van der Waals surface area (Å²) >= 11 is 0. The second kappa shape index (κ2) is 6.68. The average molecular weight is 299 g/mol. The molecule has 1 unspecified atom stereocenters. The van der Waals surface area contributed by atoms with E-state index in [9.17, 15) is 0 Å². The van der Waals surface area contributed by atoms with Crippen molar-refractivity contribution in [3.05, 3.63) is 47.2 Å². The molecule has 0 bridgehead atoms. The Balaban J connectivity index is 2.13. The van der Waals surface area contributed by atoms with Crippen LogP contribution in [0.1, 0.15) is 78.3 Å². The highest BCUT2D eigenvalue weighted by molar-refractivity contribution is 5.70. The number of aromatic nitrogens is 1. The molecule has 1 aromatic heterocycles. The fraction of sp³-hybridized carbons (Fsp3) is 0.550. The van der Waals surface area contributed by atoms with Crippen LogP contribution in [0.4, 0.5) is 0 Å². The molecule has 1 aromatic rings. The van der Waals surface area contributed by atoms with Gasteiger partial charge in [-0.25, -0.2) is 4.98 Å². The Labute approximate surface area is 135 Å². The van der Waals surface area contributed by atoms with Crippen LogP contribution in [0, 0.1) is 5.41 Å². The third-order valence-corrected chi connectivity index (χ3v) is 4.37. The van der Waals surface area contributed by atoms with Crippen LogP contribution in [-0.4, -0.2) is 4.98 Å². The zero-order valence-corrected chi connectivity index (χ0v) is 14.9. The van der Waals surface area contributed by atoms with E-state index in [0.717, 1.165) is 30.0 Å². The largest absolute Gasteiger partial charge is 0.445 e. The molecule has 2 heteroatoms. The maximum Gasteiger partial charge on any atom is 0.222 e. The molecule has 0 N–H and O–H groups in total. The van der Waals surface area contributed by atoms with Crippen LogP contribution in [0.15, 0.2) is 40.1 Å². The zero-order chi connectivity index (χ0) is 16.3. The van der Waals surface area contributed by atoms with Gasteiger partial charge in [-0.05, 0) is 42.7 Å². The van der Waals surface area contributed by atoms with E-state index in [4.69, 9.17) is 4.42 Å². The molecule has 120 valence electrons. The van der Waals surface area contributed by atoms with E-state index < -0.39 is 0 Å². The van der Waals surface area contributed by atoms with Gasteiger partial charge in [-0.15, -0.1) is 0 Å². The third kappa shape index (κ3) is 4.22. The Hall–Kier alpha value is -1.57. The molecule has 0 radical (unpaired) electrons. The van der Waals surface area contributed by atoms with Crippen LogP contribution in [0.2, 0.25) is 0 Å². The summed E-state index contributed by atoms with van der Waals surface area (Å²) in [5.41, 5.74) is 5.18. The molecule has 0 spiro atoms. The van der Waals surface area contributed by atoms with E-state index in [1.807, 2.05) is 0 Å². The minimum atomic E-state index is 0.379. The van der Waals surface area contributed by atoms with Crippen molar-refractivity contribution in [3.8, 4) is 0 Å². The van der Waals surface area contributed by atoms with E-state index in [2.05, 4.69) is 64.8 Å². The molecule has 2 rings (SSSR count). The molecule has 1 aliphatic carbocycles. The van der Waals surface area contributed by atoms with Gasteiger partial charge >= 0.3 is 0 Å². The fourth-order valence-electron chi connectivity index (χ4n) is 2.42. The van der Waals surface area contributed by atoms with E-state index >= 15 is 0 Å². The molecule has 0 saturated heterocycles. The maximum absolute atomic E-state index is 5.68. The summed E-state index contributed by atoms with van der Waals surface area (Å²) in [5, 5.41) is 0. The molecule has 0 aromatic carbocycles. The normalized spacial score (nSPS) is 18.5. The van der Waals surface area contributed by atoms with Gasteiger partial charge in [0, 0.05) is 11.5 Å². The number of hydrogen-bond donors (Lipinski definition) is 0. The Bertz CT molecular complexity index is 608. The van der Waals surface area contributed by atoms with E-state index in [0.29, 0.717) is 11.3 Å². The predicted octanol–water partition coefficient (Wildman–Crippen LogP) is 6.28. The van der Waals surface area contributed by atoms with Crippen LogP contribution < -0.4 is 0 Å². The topological polar surface area (TPSA) is 26.0 Å². The van der Waals surface area contributed by atoms with Gasteiger partial charge in [0.1, 0.15) is 6.26 Å². The lowest BCUT2D eigenvalue weighted by Crippen LogP contribution is -2.04. The van der Waals surface area contributed by atoms with E-state index in [-0.39, 0.29) is 0 Å². The number of hydrogen-bond acceptors (Lipinski definition) is 2. The van der Waals surface area contributed by atoms with Gasteiger partial charge in [-0.1, -0.05) is 52.8 Å². The number of nitrogens with zero attached hydrogens (tertiary/aromatic N) is 1. The second-order valence-corrected chi connectivity index (χ2v) is 7.58. The average Bonchev–Trinajstić information content (AvgIpc) is 3.12. The second-order valence-electron chi connectivity index (χ2n) is 7.58.